The summed E-state index contributed by atoms with van der Waals surface area (Å²) in [6.45, 7) is 2.11. The van der Waals surface area contributed by atoms with E-state index in [-0.39, 0.29) is 0 Å². The lowest BCUT2D eigenvalue weighted by molar-refractivity contribution is 0.163. The zero-order chi connectivity index (χ0) is 12.9. The van der Waals surface area contributed by atoms with Crippen LogP contribution in [0, 0.1) is 0 Å². The maximum absolute atomic E-state index is 6.20. The summed E-state index contributed by atoms with van der Waals surface area (Å²) in [5.74, 6) is 1.00. The molecule has 0 aromatic heterocycles. The van der Waals surface area contributed by atoms with Gasteiger partial charge in [-0.05, 0) is 37.6 Å². The molecule has 19 heavy (non-hydrogen) atoms. The molecule has 3 rings (SSSR count). The highest BCUT2D eigenvalue weighted by atomic mass is 16.5. The summed E-state index contributed by atoms with van der Waals surface area (Å²) in [7, 11) is 0. The SMILES string of the molecule is c1ccc(-c2ccccc2OC2CCNCC2)cc1. The summed E-state index contributed by atoms with van der Waals surface area (Å²) in [4.78, 5) is 0. The second-order valence-electron chi connectivity index (χ2n) is 4.93. The van der Waals surface area contributed by atoms with Crippen LogP contribution >= 0.6 is 0 Å². The van der Waals surface area contributed by atoms with Crippen molar-refractivity contribution in [1.82, 2.24) is 5.32 Å². The van der Waals surface area contributed by atoms with E-state index < -0.39 is 0 Å². The van der Waals surface area contributed by atoms with Gasteiger partial charge in [-0.2, -0.15) is 0 Å². The molecule has 0 unspecified atom stereocenters. The number of para-hydroxylation sites is 1. The van der Waals surface area contributed by atoms with E-state index in [9.17, 15) is 0 Å². The van der Waals surface area contributed by atoms with Crippen molar-refractivity contribution in [2.75, 3.05) is 13.1 Å². The molecular weight excluding hydrogens is 234 g/mol. The molecule has 1 aliphatic rings. The quantitative estimate of drug-likeness (QED) is 0.904. The molecule has 0 spiro atoms. The largest absolute Gasteiger partial charge is 0.490 e. The summed E-state index contributed by atoms with van der Waals surface area (Å²) < 4.78 is 6.20. The highest BCUT2D eigenvalue weighted by Crippen LogP contribution is 2.31. The van der Waals surface area contributed by atoms with Crippen LogP contribution in [0.15, 0.2) is 54.6 Å². The van der Waals surface area contributed by atoms with Gasteiger partial charge in [-0.1, -0.05) is 48.5 Å². The zero-order valence-electron chi connectivity index (χ0n) is 11.0. The van der Waals surface area contributed by atoms with E-state index in [1.165, 1.54) is 11.1 Å². The summed E-state index contributed by atoms with van der Waals surface area (Å²) in [6, 6.07) is 18.7. The van der Waals surface area contributed by atoms with Crippen LogP contribution in [-0.4, -0.2) is 19.2 Å². The van der Waals surface area contributed by atoms with E-state index in [4.69, 9.17) is 4.74 Å². The van der Waals surface area contributed by atoms with Gasteiger partial charge >= 0.3 is 0 Å². The Kier molecular flexibility index (Phi) is 3.80. The molecule has 0 atom stereocenters. The summed E-state index contributed by atoms with van der Waals surface area (Å²) in [5.41, 5.74) is 2.40. The zero-order valence-corrected chi connectivity index (χ0v) is 11.0. The Labute approximate surface area is 114 Å². The van der Waals surface area contributed by atoms with E-state index in [2.05, 4.69) is 47.8 Å². The molecule has 1 saturated heterocycles. The first-order chi connectivity index (χ1) is 9.43. The van der Waals surface area contributed by atoms with Gasteiger partial charge in [0.2, 0.25) is 0 Å². The van der Waals surface area contributed by atoms with E-state index in [0.29, 0.717) is 6.10 Å². The molecule has 98 valence electrons. The minimum absolute atomic E-state index is 0.339. The number of nitrogens with one attached hydrogen (secondary N) is 1. The Balaban J connectivity index is 1.85. The fourth-order valence-electron chi connectivity index (χ4n) is 2.52. The van der Waals surface area contributed by atoms with E-state index in [1.807, 2.05) is 12.1 Å². The molecule has 0 saturated carbocycles. The second-order valence-corrected chi connectivity index (χ2v) is 4.93. The minimum Gasteiger partial charge on any atom is -0.490 e. The fraction of sp³-hybridized carbons (Fsp3) is 0.294. The van der Waals surface area contributed by atoms with Crippen LogP contribution in [-0.2, 0) is 0 Å². The molecule has 0 radical (unpaired) electrons. The topological polar surface area (TPSA) is 21.3 Å². The Morgan fingerprint density at radius 3 is 2.32 bits per heavy atom. The van der Waals surface area contributed by atoms with Crippen molar-refractivity contribution in [3.63, 3.8) is 0 Å². The minimum atomic E-state index is 0.339. The van der Waals surface area contributed by atoms with Gasteiger partial charge in [-0.25, -0.2) is 0 Å². The van der Waals surface area contributed by atoms with Crippen molar-refractivity contribution in [1.29, 1.82) is 0 Å². The van der Waals surface area contributed by atoms with Gasteiger partial charge in [0.1, 0.15) is 11.9 Å². The van der Waals surface area contributed by atoms with Crippen molar-refractivity contribution >= 4 is 0 Å². The van der Waals surface area contributed by atoms with Gasteiger partial charge in [0.15, 0.2) is 0 Å². The molecular formula is C17H19NO. The maximum atomic E-state index is 6.20. The summed E-state index contributed by atoms with van der Waals surface area (Å²) >= 11 is 0. The van der Waals surface area contributed by atoms with E-state index in [0.717, 1.165) is 31.7 Å². The van der Waals surface area contributed by atoms with Crippen molar-refractivity contribution in [3.05, 3.63) is 54.6 Å². The third-order valence-electron chi connectivity index (χ3n) is 3.55. The molecule has 1 fully saturated rings. The molecule has 1 aliphatic heterocycles. The Bertz CT molecular complexity index is 518. The molecule has 1 N–H and O–H groups in total. The Hall–Kier alpha value is -1.80. The smallest absolute Gasteiger partial charge is 0.127 e. The van der Waals surface area contributed by atoms with Gasteiger partial charge in [0.25, 0.3) is 0 Å². The maximum Gasteiger partial charge on any atom is 0.127 e. The van der Waals surface area contributed by atoms with Gasteiger partial charge in [0.05, 0.1) is 0 Å². The van der Waals surface area contributed by atoms with Gasteiger partial charge in [-0.15, -0.1) is 0 Å². The number of ether oxygens (including phenoxy) is 1. The monoisotopic (exact) mass is 253 g/mol. The van der Waals surface area contributed by atoms with Gasteiger partial charge in [0, 0.05) is 5.56 Å². The Morgan fingerprint density at radius 2 is 1.53 bits per heavy atom. The van der Waals surface area contributed by atoms with Crippen molar-refractivity contribution in [2.24, 2.45) is 0 Å². The van der Waals surface area contributed by atoms with Crippen LogP contribution in [0.25, 0.3) is 11.1 Å². The van der Waals surface area contributed by atoms with Crippen LogP contribution < -0.4 is 10.1 Å². The number of benzene rings is 2. The van der Waals surface area contributed by atoms with Crippen molar-refractivity contribution in [3.8, 4) is 16.9 Å². The first kappa shape index (κ1) is 12.2. The first-order valence-electron chi connectivity index (χ1n) is 6.95. The normalized spacial score (nSPS) is 16.2. The molecule has 0 aliphatic carbocycles. The van der Waals surface area contributed by atoms with Crippen LogP contribution in [0.4, 0.5) is 0 Å². The molecule has 0 bridgehead atoms. The van der Waals surface area contributed by atoms with E-state index >= 15 is 0 Å². The molecule has 2 heteroatoms. The fourth-order valence-corrected chi connectivity index (χ4v) is 2.52. The Morgan fingerprint density at radius 1 is 0.842 bits per heavy atom. The second kappa shape index (κ2) is 5.89. The molecule has 0 amide bonds. The molecule has 2 aromatic rings. The summed E-state index contributed by atoms with van der Waals surface area (Å²) in [5, 5.41) is 3.37. The predicted molar refractivity (Wildman–Crippen MR) is 78.4 cm³/mol. The first-order valence-corrected chi connectivity index (χ1v) is 6.95. The highest BCUT2D eigenvalue weighted by Gasteiger charge is 2.16. The third kappa shape index (κ3) is 2.96. The molecule has 2 nitrogen and oxygen atoms in total. The lowest BCUT2D eigenvalue weighted by Crippen LogP contribution is -2.34. The molecule has 1 heterocycles. The standard InChI is InChI=1S/C17H19NO/c1-2-6-14(7-3-1)16-8-4-5-9-17(16)19-15-10-12-18-13-11-15/h1-9,15,18H,10-13H2. The van der Waals surface area contributed by atoms with Crippen LogP contribution in [0.2, 0.25) is 0 Å². The van der Waals surface area contributed by atoms with Gasteiger partial charge in [-0.3, -0.25) is 0 Å². The van der Waals surface area contributed by atoms with Crippen LogP contribution in [0.3, 0.4) is 0 Å². The van der Waals surface area contributed by atoms with Crippen LogP contribution in [0.1, 0.15) is 12.8 Å². The number of hydrogen-bond donors (Lipinski definition) is 1. The van der Waals surface area contributed by atoms with Gasteiger partial charge < -0.3 is 10.1 Å². The van der Waals surface area contributed by atoms with Crippen molar-refractivity contribution in [2.45, 2.75) is 18.9 Å². The third-order valence-corrected chi connectivity index (χ3v) is 3.55. The lowest BCUT2D eigenvalue weighted by Gasteiger charge is -2.25. The lowest BCUT2D eigenvalue weighted by atomic mass is 10.0. The number of rotatable bonds is 3. The van der Waals surface area contributed by atoms with Crippen LogP contribution in [0.5, 0.6) is 5.75 Å². The summed E-state index contributed by atoms with van der Waals surface area (Å²) in [6.07, 6.45) is 2.51. The van der Waals surface area contributed by atoms with E-state index in [1.54, 1.807) is 0 Å². The average Bonchev–Trinajstić information content (AvgIpc) is 2.50. The van der Waals surface area contributed by atoms with Crippen molar-refractivity contribution < 1.29 is 4.74 Å². The molecule has 2 aromatic carbocycles. The number of hydrogen-bond acceptors (Lipinski definition) is 2. The average molecular weight is 253 g/mol. The predicted octanol–water partition coefficient (Wildman–Crippen LogP) is 3.48. The highest BCUT2D eigenvalue weighted by molar-refractivity contribution is 5.70. The number of piperidine rings is 1.